The molecule has 0 saturated heterocycles. The summed E-state index contributed by atoms with van der Waals surface area (Å²) >= 11 is 0. The number of carbonyl (C=O) groups is 2. The van der Waals surface area contributed by atoms with E-state index >= 15 is 0 Å². The summed E-state index contributed by atoms with van der Waals surface area (Å²) in [6.45, 7) is 0.624. The van der Waals surface area contributed by atoms with Crippen LogP contribution in [0.25, 0.3) is 0 Å². The average molecular weight is 287 g/mol. The molecule has 2 aliphatic carbocycles. The van der Waals surface area contributed by atoms with E-state index < -0.39 is 11.9 Å². The Kier molecular flexibility index (Phi) is 3.95. The lowest BCUT2D eigenvalue weighted by molar-refractivity contribution is -0.148. The maximum atomic E-state index is 12.3. The van der Waals surface area contributed by atoms with E-state index in [2.05, 4.69) is 17.4 Å². The van der Waals surface area contributed by atoms with Gasteiger partial charge in [-0.25, -0.2) is 0 Å². The van der Waals surface area contributed by atoms with E-state index in [-0.39, 0.29) is 11.8 Å². The Morgan fingerprint density at radius 3 is 2.57 bits per heavy atom. The fourth-order valence-corrected chi connectivity index (χ4v) is 3.64. The molecule has 0 heterocycles. The number of carbonyl (C=O) groups excluding carboxylic acids is 1. The van der Waals surface area contributed by atoms with Gasteiger partial charge in [-0.2, -0.15) is 0 Å². The Labute approximate surface area is 124 Å². The van der Waals surface area contributed by atoms with Crippen molar-refractivity contribution >= 4 is 11.9 Å². The summed E-state index contributed by atoms with van der Waals surface area (Å²) in [4.78, 5) is 23.6. The van der Waals surface area contributed by atoms with Gasteiger partial charge in [0.1, 0.15) is 0 Å². The van der Waals surface area contributed by atoms with E-state index in [0.717, 1.165) is 19.3 Å². The highest BCUT2D eigenvalue weighted by Gasteiger charge is 2.36. The van der Waals surface area contributed by atoms with Gasteiger partial charge in [-0.15, -0.1) is 0 Å². The van der Waals surface area contributed by atoms with Crippen molar-refractivity contribution in [1.82, 2.24) is 5.32 Å². The van der Waals surface area contributed by atoms with Crippen molar-refractivity contribution in [2.45, 2.75) is 38.0 Å². The van der Waals surface area contributed by atoms with Gasteiger partial charge in [0.15, 0.2) is 0 Å². The van der Waals surface area contributed by atoms with Crippen LogP contribution < -0.4 is 5.32 Å². The summed E-state index contributed by atoms with van der Waals surface area (Å²) in [5.41, 5.74) is 2.68. The maximum Gasteiger partial charge on any atom is 0.307 e. The quantitative estimate of drug-likeness (QED) is 0.893. The molecular formula is C17H21NO3. The molecule has 1 amide bonds. The third-order valence-electron chi connectivity index (χ3n) is 4.90. The number of carboxylic acids is 1. The lowest BCUT2D eigenvalue weighted by atomic mass is 9.76. The molecule has 0 spiro atoms. The zero-order valence-electron chi connectivity index (χ0n) is 12.0. The van der Waals surface area contributed by atoms with Crippen LogP contribution in [-0.2, 0) is 16.0 Å². The molecule has 0 aliphatic heterocycles. The second-order valence-electron chi connectivity index (χ2n) is 6.18. The first kappa shape index (κ1) is 14.1. The third kappa shape index (κ3) is 2.80. The minimum atomic E-state index is -0.830. The van der Waals surface area contributed by atoms with Gasteiger partial charge in [-0.05, 0) is 30.4 Å². The first-order valence-corrected chi connectivity index (χ1v) is 7.75. The summed E-state index contributed by atoms with van der Waals surface area (Å²) in [5, 5.41) is 12.2. The van der Waals surface area contributed by atoms with Crippen molar-refractivity contribution in [3.05, 3.63) is 35.4 Å². The molecule has 3 atom stereocenters. The zero-order chi connectivity index (χ0) is 14.8. The van der Waals surface area contributed by atoms with Gasteiger partial charge >= 0.3 is 5.97 Å². The van der Waals surface area contributed by atoms with Crippen LogP contribution in [0.2, 0.25) is 0 Å². The predicted octanol–water partition coefficient (Wildman–Crippen LogP) is 2.33. The lowest BCUT2D eigenvalue weighted by Gasteiger charge is -2.32. The van der Waals surface area contributed by atoms with Crippen molar-refractivity contribution < 1.29 is 14.7 Å². The molecule has 4 nitrogen and oxygen atoms in total. The van der Waals surface area contributed by atoms with Gasteiger partial charge in [0.05, 0.1) is 11.8 Å². The Bertz CT molecular complexity index is 555. The molecule has 1 unspecified atom stereocenters. The molecule has 21 heavy (non-hydrogen) atoms. The van der Waals surface area contributed by atoms with Gasteiger partial charge in [0.25, 0.3) is 0 Å². The van der Waals surface area contributed by atoms with Gasteiger partial charge in [-0.1, -0.05) is 37.1 Å². The molecule has 2 N–H and O–H groups in total. The number of hydrogen-bond acceptors (Lipinski definition) is 2. The number of fused-ring (bicyclic) bond motifs is 1. The molecule has 2 aliphatic rings. The molecule has 1 fully saturated rings. The Morgan fingerprint density at radius 1 is 1.14 bits per heavy atom. The van der Waals surface area contributed by atoms with Crippen molar-refractivity contribution in [3.63, 3.8) is 0 Å². The van der Waals surface area contributed by atoms with Crippen LogP contribution in [0.4, 0.5) is 0 Å². The first-order valence-electron chi connectivity index (χ1n) is 7.75. The normalized spacial score (nSPS) is 27.3. The number of hydrogen-bond donors (Lipinski definition) is 2. The molecule has 0 aromatic heterocycles. The minimum Gasteiger partial charge on any atom is -0.481 e. The Balaban J connectivity index is 1.56. The number of carboxylic acid groups (broad SMARTS) is 1. The first-order chi connectivity index (χ1) is 10.2. The van der Waals surface area contributed by atoms with Gasteiger partial charge in [0, 0.05) is 12.5 Å². The van der Waals surface area contributed by atoms with Crippen LogP contribution in [0, 0.1) is 11.8 Å². The van der Waals surface area contributed by atoms with E-state index in [0.29, 0.717) is 25.3 Å². The summed E-state index contributed by atoms with van der Waals surface area (Å²) < 4.78 is 0. The van der Waals surface area contributed by atoms with Crippen LogP contribution in [0.1, 0.15) is 42.7 Å². The monoisotopic (exact) mass is 287 g/mol. The Morgan fingerprint density at radius 2 is 1.86 bits per heavy atom. The van der Waals surface area contributed by atoms with Gasteiger partial charge < -0.3 is 10.4 Å². The second-order valence-corrected chi connectivity index (χ2v) is 6.18. The van der Waals surface area contributed by atoms with E-state index in [1.807, 2.05) is 12.1 Å². The number of benzene rings is 1. The summed E-state index contributed by atoms with van der Waals surface area (Å²) in [6.07, 6.45) is 4.19. The molecule has 1 saturated carbocycles. The molecule has 1 aromatic carbocycles. The topological polar surface area (TPSA) is 66.4 Å². The molecule has 3 rings (SSSR count). The van der Waals surface area contributed by atoms with Crippen molar-refractivity contribution in [2.24, 2.45) is 11.8 Å². The molecular weight excluding hydrogens is 266 g/mol. The van der Waals surface area contributed by atoms with Crippen molar-refractivity contribution in [1.29, 1.82) is 0 Å². The lowest BCUT2D eigenvalue weighted by Crippen LogP contribution is -2.42. The molecule has 1 aromatic rings. The second kappa shape index (κ2) is 5.88. The third-order valence-corrected chi connectivity index (χ3v) is 4.90. The van der Waals surface area contributed by atoms with E-state index in [1.165, 1.54) is 11.1 Å². The average Bonchev–Trinajstić information content (AvgIpc) is 2.48. The van der Waals surface area contributed by atoms with Crippen LogP contribution >= 0.6 is 0 Å². The number of aliphatic carboxylic acids is 1. The smallest absolute Gasteiger partial charge is 0.307 e. The predicted molar refractivity (Wildman–Crippen MR) is 79.0 cm³/mol. The molecule has 0 radical (unpaired) electrons. The maximum absolute atomic E-state index is 12.3. The number of amides is 1. The van der Waals surface area contributed by atoms with Crippen LogP contribution in [0.15, 0.2) is 24.3 Å². The molecule has 4 heteroatoms. The SMILES string of the molecule is O=C(O)[C@H]1CCCC[C@H]1C(=O)NCC1Cc2ccccc21. The van der Waals surface area contributed by atoms with E-state index in [1.54, 1.807) is 0 Å². The summed E-state index contributed by atoms with van der Waals surface area (Å²) in [7, 11) is 0. The highest BCUT2D eigenvalue weighted by Crippen LogP contribution is 2.35. The van der Waals surface area contributed by atoms with Gasteiger partial charge in [-0.3, -0.25) is 9.59 Å². The van der Waals surface area contributed by atoms with Crippen LogP contribution in [0.5, 0.6) is 0 Å². The number of nitrogens with one attached hydrogen (secondary N) is 1. The molecule has 0 bridgehead atoms. The minimum absolute atomic E-state index is 0.0773. The van der Waals surface area contributed by atoms with Crippen molar-refractivity contribution in [3.8, 4) is 0 Å². The van der Waals surface area contributed by atoms with E-state index in [9.17, 15) is 14.7 Å². The number of rotatable bonds is 4. The zero-order valence-corrected chi connectivity index (χ0v) is 12.0. The largest absolute Gasteiger partial charge is 0.481 e. The van der Waals surface area contributed by atoms with Crippen molar-refractivity contribution in [2.75, 3.05) is 6.54 Å². The highest BCUT2D eigenvalue weighted by atomic mass is 16.4. The van der Waals surface area contributed by atoms with Crippen LogP contribution in [-0.4, -0.2) is 23.5 Å². The van der Waals surface area contributed by atoms with E-state index in [4.69, 9.17) is 0 Å². The molecule has 112 valence electrons. The fourth-order valence-electron chi connectivity index (χ4n) is 3.64. The summed E-state index contributed by atoms with van der Waals surface area (Å²) in [6, 6.07) is 8.28. The van der Waals surface area contributed by atoms with Crippen LogP contribution in [0.3, 0.4) is 0 Å². The highest BCUT2D eigenvalue weighted by molar-refractivity contribution is 5.85. The standard InChI is InChI=1S/C17H21NO3/c19-16(14-7-3-4-8-15(14)17(20)21)18-10-12-9-11-5-1-2-6-13(11)12/h1-2,5-6,12,14-15H,3-4,7-10H2,(H,18,19)(H,20,21)/t12?,14-,15+/m1/s1. The van der Waals surface area contributed by atoms with Gasteiger partial charge in [0.2, 0.25) is 5.91 Å². The Hall–Kier alpha value is -1.84. The summed E-state index contributed by atoms with van der Waals surface area (Å²) in [5.74, 6) is -1.38. The fraction of sp³-hybridized carbons (Fsp3) is 0.529.